The largest absolute Gasteiger partial charge is 0.495 e. The summed E-state index contributed by atoms with van der Waals surface area (Å²) in [4.78, 5) is 28.7. The van der Waals surface area contributed by atoms with E-state index >= 15 is 0 Å². The topological polar surface area (TPSA) is 61.9 Å². The summed E-state index contributed by atoms with van der Waals surface area (Å²) in [7, 11) is 1.68. The SMILES string of the molecule is COc1ccccc1N1CCN([C@H](C)C(=O)Nc2cccc(C(C)=O)c2)CC1. The zero-order chi connectivity index (χ0) is 20.1. The summed E-state index contributed by atoms with van der Waals surface area (Å²) in [5.41, 5.74) is 2.33. The molecule has 1 fully saturated rings. The molecule has 1 amide bonds. The number of methoxy groups -OCH3 is 1. The van der Waals surface area contributed by atoms with Crippen LogP contribution in [0.25, 0.3) is 0 Å². The number of nitrogens with zero attached hydrogens (tertiary/aromatic N) is 2. The lowest BCUT2D eigenvalue weighted by Gasteiger charge is -2.38. The first kappa shape index (κ1) is 19.9. The van der Waals surface area contributed by atoms with Gasteiger partial charge in [0.05, 0.1) is 18.8 Å². The van der Waals surface area contributed by atoms with Crippen LogP contribution in [0, 0.1) is 0 Å². The van der Waals surface area contributed by atoms with Gasteiger partial charge in [-0.25, -0.2) is 0 Å². The Bertz CT molecular complexity index is 844. The van der Waals surface area contributed by atoms with E-state index in [4.69, 9.17) is 4.74 Å². The molecule has 0 spiro atoms. The molecular formula is C22H27N3O3. The number of nitrogens with one attached hydrogen (secondary N) is 1. The van der Waals surface area contributed by atoms with Crippen LogP contribution in [-0.2, 0) is 4.79 Å². The van der Waals surface area contributed by atoms with Crippen molar-refractivity contribution in [2.75, 3.05) is 43.5 Å². The molecule has 0 radical (unpaired) electrons. The molecule has 0 saturated carbocycles. The van der Waals surface area contributed by atoms with Crippen molar-refractivity contribution in [3.05, 3.63) is 54.1 Å². The van der Waals surface area contributed by atoms with Crippen LogP contribution in [-0.4, -0.2) is 55.9 Å². The Hall–Kier alpha value is -2.86. The van der Waals surface area contributed by atoms with Gasteiger partial charge < -0.3 is 15.0 Å². The van der Waals surface area contributed by atoms with Crippen molar-refractivity contribution in [1.29, 1.82) is 0 Å². The Balaban J connectivity index is 1.59. The third-order valence-corrected chi connectivity index (χ3v) is 5.20. The quantitative estimate of drug-likeness (QED) is 0.780. The molecule has 0 aliphatic carbocycles. The summed E-state index contributed by atoms with van der Waals surface area (Å²) in [5.74, 6) is 0.787. The first-order valence-corrected chi connectivity index (χ1v) is 9.53. The van der Waals surface area contributed by atoms with Crippen molar-refractivity contribution >= 4 is 23.1 Å². The van der Waals surface area contributed by atoms with E-state index in [1.165, 1.54) is 6.92 Å². The van der Waals surface area contributed by atoms with Crippen LogP contribution < -0.4 is 15.0 Å². The molecule has 6 heteroatoms. The number of piperazine rings is 1. The van der Waals surface area contributed by atoms with E-state index in [9.17, 15) is 9.59 Å². The van der Waals surface area contributed by atoms with Gasteiger partial charge in [-0.1, -0.05) is 24.3 Å². The molecule has 1 heterocycles. The van der Waals surface area contributed by atoms with Gasteiger partial charge in [0.2, 0.25) is 5.91 Å². The number of hydrogen-bond donors (Lipinski definition) is 1. The molecule has 1 atom stereocenters. The van der Waals surface area contributed by atoms with E-state index in [0.717, 1.165) is 37.6 Å². The molecule has 1 saturated heterocycles. The van der Waals surface area contributed by atoms with Crippen molar-refractivity contribution in [2.24, 2.45) is 0 Å². The van der Waals surface area contributed by atoms with E-state index in [2.05, 4.69) is 21.2 Å². The average Bonchev–Trinajstić information content (AvgIpc) is 2.73. The summed E-state index contributed by atoms with van der Waals surface area (Å²) in [6.07, 6.45) is 0. The minimum absolute atomic E-state index is 0.0170. The van der Waals surface area contributed by atoms with Crippen LogP contribution in [0.5, 0.6) is 5.75 Å². The molecule has 6 nitrogen and oxygen atoms in total. The summed E-state index contributed by atoms with van der Waals surface area (Å²) in [6.45, 7) is 6.68. The maximum absolute atomic E-state index is 12.7. The molecular weight excluding hydrogens is 354 g/mol. The lowest BCUT2D eigenvalue weighted by Crippen LogP contribution is -2.52. The minimum atomic E-state index is -0.249. The van der Waals surface area contributed by atoms with Crippen LogP contribution in [0.3, 0.4) is 0 Å². The highest BCUT2D eigenvalue weighted by molar-refractivity contribution is 5.98. The zero-order valence-corrected chi connectivity index (χ0v) is 16.6. The number of ether oxygens (including phenoxy) is 1. The zero-order valence-electron chi connectivity index (χ0n) is 16.6. The molecule has 148 valence electrons. The molecule has 1 aliphatic heterocycles. The highest BCUT2D eigenvalue weighted by atomic mass is 16.5. The molecule has 0 unspecified atom stereocenters. The second-order valence-electron chi connectivity index (χ2n) is 7.00. The van der Waals surface area contributed by atoms with Gasteiger partial charge in [-0.3, -0.25) is 14.5 Å². The van der Waals surface area contributed by atoms with Crippen molar-refractivity contribution in [3.8, 4) is 5.75 Å². The lowest BCUT2D eigenvalue weighted by atomic mass is 10.1. The third kappa shape index (κ3) is 4.51. The number of para-hydroxylation sites is 2. The summed E-state index contributed by atoms with van der Waals surface area (Å²) in [6, 6.07) is 14.8. The van der Waals surface area contributed by atoms with Crippen molar-refractivity contribution < 1.29 is 14.3 Å². The van der Waals surface area contributed by atoms with Gasteiger partial charge in [0.1, 0.15) is 5.75 Å². The summed E-state index contributed by atoms with van der Waals surface area (Å²) in [5, 5.41) is 2.93. The Kier molecular flexibility index (Phi) is 6.31. The number of benzene rings is 2. The van der Waals surface area contributed by atoms with Gasteiger partial charge in [0, 0.05) is 37.4 Å². The number of anilines is 2. The number of hydrogen-bond acceptors (Lipinski definition) is 5. The molecule has 2 aromatic carbocycles. The lowest BCUT2D eigenvalue weighted by molar-refractivity contribution is -0.120. The van der Waals surface area contributed by atoms with Crippen LogP contribution in [0.1, 0.15) is 24.2 Å². The van der Waals surface area contributed by atoms with E-state index in [1.54, 1.807) is 31.4 Å². The maximum atomic E-state index is 12.7. The Morgan fingerprint density at radius 1 is 1.04 bits per heavy atom. The fourth-order valence-corrected chi connectivity index (χ4v) is 3.47. The normalized spacial score (nSPS) is 15.8. The predicted molar refractivity (Wildman–Crippen MR) is 111 cm³/mol. The molecule has 1 aliphatic rings. The molecule has 1 N–H and O–H groups in total. The van der Waals surface area contributed by atoms with Gasteiger partial charge in [-0.2, -0.15) is 0 Å². The maximum Gasteiger partial charge on any atom is 0.241 e. The number of rotatable bonds is 6. The summed E-state index contributed by atoms with van der Waals surface area (Å²) >= 11 is 0. The smallest absolute Gasteiger partial charge is 0.241 e. The minimum Gasteiger partial charge on any atom is -0.495 e. The first-order valence-electron chi connectivity index (χ1n) is 9.53. The van der Waals surface area contributed by atoms with E-state index in [1.807, 2.05) is 25.1 Å². The third-order valence-electron chi connectivity index (χ3n) is 5.20. The Labute approximate surface area is 166 Å². The van der Waals surface area contributed by atoms with E-state index in [-0.39, 0.29) is 17.7 Å². The molecule has 0 aromatic heterocycles. The van der Waals surface area contributed by atoms with Crippen molar-refractivity contribution in [2.45, 2.75) is 19.9 Å². The number of carbonyl (C=O) groups excluding carboxylic acids is 2. The van der Waals surface area contributed by atoms with Crippen LogP contribution in [0.2, 0.25) is 0 Å². The number of amides is 1. The van der Waals surface area contributed by atoms with Crippen molar-refractivity contribution in [3.63, 3.8) is 0 Å². The van der Waals surface area contributed by atoms with E-state index in [0.29, 0.717) is 11.3 Å². The van der Waals surface area contributed by atoms with Crippen LogP contribution in [0.15, 0.2) is 48.5 Å². The van der Waals surface area contributed by atoms with Crippen LogP contribution in [0.4, 0.5) is 11.4 Å². The second kappa shape index (κ2) is 8.89. The monoisotopic (exact) mass is 381 g/mol. The number of ketones is 1. The van der Waals surface area contributed by atoms with Gasteiger partial charge in [0.25, 0.3) is 0 Å². The highest BCUT2D eigenvalue weighted by Crippen LogP contribution is 2.28. The molecule has 2 aromatic rings. The fraction of sp³-hybridized carbons (Fsp3) is 0.364. The Morgan fingerprint density at radius 2 is 1.75 bits per heavy atom. The fourth-order valence-electron chi connectivity index (χ4n) is 3.47. The van der Waals surface area contributed by atoms with Gasteiger partial charge >= 0.3 is 0 Å². The Morgan fingerprint density at radius 3 is 2.43 bits per heavy atom. The first-order chi connectivity index (χ1) is 13.5. The number of carbonyl (C=O) groups is 2. The molecule has 0 bridgehead atoms. The predicted octanol–water partition coefficient (Wildman–Crippen LogP) is 3.05. The average molecular weight is 381 g/mol. The van der Waals surface area contributed by atoms with E-state index < -0.39 is 0 Å². The number of Topliss-reactive ketones (excluding diaryl/α,β-unsaturated/α-hetero) is 1. The molecule has 3 rings (SSSR count). The van der Waals surface area contributed by atoms with Crippen LogP contribution >= 0.6 is 0 Å². The molecule has 28 heavy (non-hydrogen) atoms. The standard InChI is InChI=1S/C22H27N3O3/c1-16(22(27)23-19-8-6-7-18(15-19)17(2)26)24-11-13-25(14-12-24)20-9-4-5-10-21(20)28-3/h4-10,15-16H,11-14H2,1-3H3,(H,23,27)/t16-/m1/s1. The van der Waals surface area contributed by atoms with Gasteiger partial charge in [-0.05, 0) is 38.1 Å². The van der Waals surface area contributed by atoms with Gasteiger partial charge in [-0.15, -0.1) is 0 Å². The highest BCUT2D eigenvalue weighted by Gasteiger charge is 2.26. The van der Waals surface area contributed by atoms with Crippen molar-refractivity contribution in [1.82, 2.24) is 4.90 Å². The second-order valence-corrected chi connectivity index (χ2v) is 7.00. The summed E-state index contributed by atoms with van der Waals surface area (Å²) < 4.78 is 5.46. The van der Waals surface area contributed by atoms with Gasteiger partial charge in [0.15, 0.2) is 5.78 Å².